The van der Waals surface area contributed by atoms with E-state index in [2.05, 4.69) is 4.90 Å². The number of aliphatic hydroxyl groups is 1. The molecule has 4 nitrogen and oxygen atoms in total. The number of hydrogen-bond acceptors (Lipinski definition) is 3. The minimum atomic E-state index is -0.849. The van der Waals surface area contributed by atoms with E-state index >= 15 is 0 Å². The van der Waals surface area contributed by atoms with Crippen molar-refractivity contribution < 1.29 is 9.90 Å². The maximum atomic E-state index is 11.6. The first-order chi connectivity index (χ1) is 7.68. The quantitative estimate of drug-likeness (QED) is 0.743. The molecule has 92 valence electrons. The molecule has 0 bridgehead atoms. The van der Waals surface area contributed by atoms with E-state index in [1.165, 1.54) is 25.7 Å². The van der Waals surface area contributed by atoms with Crippen LogP contribution in [0.25, 0.3) is 0 Å². The molecule has 0 aromatic carbocycles. The molecule has 0 spiro atoms. The number of nitrogens with zero attached hydrogens (tertiary/aromatic N) is 2. The number of hydrogen-bond donors (Lipinski definition) is 1. The zero-order valence-corrected chi connectivity index (χ0v) is 10.1. The monoisotopic (exact) mass is 226 g/mol. The first-order valence-corrected chi connectivity index (χ1v) is 6.39. The third-order valence-corrected chi connectivity index (χ3v) is 3.82. The van der Waals surface area contributed by atoms with Crippen LogP contribution >= 0.6 is 0 Å². The molecule has 0 aromatic heterocycles. The molecule has 2 rings (SSSR count). The minimum Gasteiger partial charge on any atom is -0.384 e. The van der Waals surface area contributed by atoms with E-state index in [0.29, 0.717) is 0 Å². The summed E-state index contributed by atoms with van der Waals surface area (Å²) >= 11 is 0. The lowest BCUT2D eigenvalue weighted by molar-refractivity contribution is -0.141. The molecule has 1 heterocycles. The molecule has 1 N–H and O–H groups in total. The summed E-state index contributed by atoms with van der Waals surface area (Å²) in [5, 5.41) is 9.25. The lowest BCUT2D eigenvalue weighted by atomic mass is 10.1. The van der Waals surface area contributed by atoms with Gasteiger partial charge in [-0.1, -0.05) is 12.8 Å². The van der Waals surface area contributed by atoms with Crippen molar-refractivity contribution in [1.29, 1.82) is 0 Å². The van der Waals surface area contributed by atoms with Crippen molar-refractivity contribution in [3.8, 4) is 0 Å². The highest BCUT2D eigenvalue weighted by atomic mass is 16.3. The Morgan fingerprint density at radius 1 is 1.19 bits per heavy atom. The lowest BCUT2D eigenvalue weighted by Gasteiger charge is -2.38. The lowest BCUT2D eigenvalue weighted by Crippen LogP contribution is -2.53. The van der Waals surface area contributed by atoms with Crippen molar-refractivity contribution in [3.63, 3.8) is 0 Å². The van der Waals surface area contributed by atoms with Crippen molar-refractivity contribution >= 4 is 5.91 Å². The standard InChI is InChI=1S/C12H22N2O2/c1-10(15)12(16)14-8-6-13(7-9-14)11-4-2-3-5-11/h10-11,15H,2-9H2,1H3. The summed E-state index contributed by atoms with van der Waals surface area (Å²) in [6.07, 6.45) is 4.52. The summed E-state index contributed by atoms with van der Waals surface area (Å²) in [4.78, 5) is 15.9. The van der Waals surface area contributed by atoms with Crippen LogP contribution < -0.4 is 0 Å². The molecule has 1 amide bonds. The predicted molar refractivity (Wildman–Crippen MR) is 62.1 cm³/mol. The van der Waals surface area contributed by atoms with Gasteiger partial charge in [-0.25, -0.2) is 0 Å². The fraction of sp³-hybridized carbons (Fsp3) is 0.917. The average molecular weight is 226 g/mol. The fourth-order valence-corrected chi connectivity index (χ4v) is 2.84. The average Bonchev–Trinajstić information content (AvgIpc) is 2.81. The third-order valence-electron chi connectivity index (χ3n) is 3.82. The largest absolute Gasteiger partial charge is 0.384 e. The highest BCUT2D eigenvalue weighted by Crippen LogP contribution is 2.24. The van der Waals surface area contributed by atoms with Gasteiger partial charge in [-0.3, -0.25) is 9.69 Å². The van der Waals surface area contributed by atoms with E-state index in [1.54, 1.807) is 11.8 Å². The van der Waals surface area contributed by atoms with E-state index in [1.807, 2.05) is 0 Å². The Morgan fingerprint density at radius 3 is 2.25 bits per heavy atom. The first-order valence-electron chi connectivity index (χ1n) is 6.39. The van der Waals surface area contributed by atoms with Crippen molar-refractivity contribution in [2.24, 2.45) is 0 Å². The minimum absolute atomic E-state index is 0.119. The molecule has 0 aromatic rings. The summed E-state index contributed by atoms with van der Waals surface area (Å²) in [6.45, 7) is 5.05. The molecule has 1 aliphatic heterocycles. The third kappa shape index (κ3) is 2.55. The Bertz CT molecular complexity index is 241. The Labute approximate surface area is 97.2 Å². The number of carbonyl (C=O) groups excluding carboxylic acids is 1. The van der Waals surface area contributed by atoms with Crippen LogP contribution in [0.15, 0.2) is 0 Å². The maximum absolute atomic E-state index is 11.6. The summed E-state index contributed by atoms with van der Waals surface area (Å²) in [6, 6.07) is 0.754. The zero-order valence-electron chi connectivity index (χ0n) is 10.1. The molecule has 2 aliphatic rings. The summed E-state index contributed by atoms with van der Waals surface area (Å²) < 4.78 is 0. The van der Waals surface area contributed by atoms with Gasteiger partial charge in [0.15, 0.2) is 0 Å². The zero-order chi connectivity index (χ0) is 11.5. The second kappa shape index (κ2) is 5.15. The number of aliphatic hydroxyl groups excluding tert-OH is 1. The van der Waals surface area contributed by atoms with Crippen molar-refractivity contribution in [1.82, 2.24) is 9.80 Å². The van der Waals surface area contributed by atoms with Gasteiger partial charge in [-0.15, -0.1) is 0 Å². The van der Waals surface area contributed by atoms with Gasteiger partial charge in [-0.05, 0) is 19.8 Å². The van der Waals surface area contributed by atoms with Crippen molar-refractivity contribution in [2.45, 2.75) is 44.8 Å². The molecular weight excluding hydrogens is 204 g/mol. The molecule has 1 aliphatic carbocycles. The van der Waals surface area contributed by atoms with E-state index in [-0.39, 0.29) is 5.91 Å². The van der Waals surface area contributed by atoms with Gasteiger partial charge in [-0.2, -0.15) is 0 Å². The molecule has 1 unspecified atom stereocenters. The van der Waals surface area contributed by atoms with E-state index in [4.69, 9.17) is 0 Å². The SMILES string of the molecule is CC(O)C(=O)N1CCN(C2CCCC2)CC1. The fourth-order valence-electron chi connectivity index (χ4n) is 2.84. The number of amides is 1. The maximum Gasteiger partial charge on any atom is 0.251 e. The Balaban J connectivity index is 1.80. The van der Waals surface area contributed by atoms with Crippen LogP contribution in [0.4, 0.5) is 0 Å². The smallest absolute Gasteiger partial charge is 0.251 e. The molecule has 2 fully saturated rings. The second-order valence-electron chi connectivity index (χ2n) is 4.98. The molecule has 1 saturated carbocycles. The number of carbonyl (C=O) groups is 1. The highest BCUT2D eigenvalue weighted by molar-refractivity contribution is 5.80. The topological polar surface area (TPSA) is 43.8 Å². The van der Waals surface area contributed by atoms with Crippen LogP contribution in [-0.2, 0) is 4.79 Å². The van der Waals surface area contributed by atoms with Crippen LogP contribution in [0.2, 0.25) is 0 Å². The van der Waals surface area contributed by atoms with Gasteiger partial charge < -0.3 is 10.0 Å². The highest BCUT2D eigenvalue weighted by Gasteiger charge is 2.28. The van der Waals surface area contributed by atoms with Crippen LogP contribution in [0.1, 0.15) is 32.6 Å². The predicted octanol–water partition coefficient (Wildman–Crippen LogP) is 0.454. The van der Waals surface area contributed by atoms with E-state index in [0.717, 1.165) is 32.2 Å². The number of piperazine rings is 1. The molecular formula is C12H22N2O2. The normalized spacial score (nSPS) is 26.0. The Hall–Kier alpha value is -0.610. The number of rotatable bonds is 2. The molecule has 16 heavy (non-hydrogen) atoms. The van der Waals surface area contributed by atoms with Crippen LogP contribution in [0.3, 0.4) is 0 Å². The molecule has 1 saturated heterocycles. The van der Waals surface area contributed by atoms with Gasteiger partial charge in [0.25, 0.3) is 5.91 Å². The Kier molecular flexibility index (Phi) is 3.82. The van der Waals surface area contributed by atoms with Gasteiger partial charge in [0.05, 0.1) is 0 Å². The van der Waals surface area contributed by atoms with Crippen molar-refractivity contribution in [3.05, 3.63) is 0 Å². The summed E-state index contributed by atoms with van der Waals surface area (Å²) in [5.41, 5.74) is 0. The summed E-state index contributed by atoms with van der Waals surface area (Å²) in [7, 11) is 0. The van der Waals surface area contributed by atoms with Gasteiger partial charge in [0, 0.05) is 32.2 Å². The van der Waals surface area contributed by atoms with Gasteiger partial charge >= 0.3 is 0 Å². The van der Waals surface area contributed by atoms with E-state index in [9.17, 15) is 9.90 Å². The van der Waals surface area contributed by atoms with Gasteiger partial charge in [0.1, 0.15) is 6.10 Å². The van der Waals surface area contributed by atoms with Crippen LogP contribution in [0, 0.1) is 0 Å². The Morgan fingerprint density at radius 2 is 1.75 bits per heavy atom. The van der Waals surface area contributed by atoms with Gasteiger partial charge in [0.2, 0.25) is 0 Å². The molecule has 1 atom stereocenters. The van der Waals surface area contributed by atoms with Crippen LogP contribution in [0.5, 0.6) is 0 Å². The molecule has 0 radical (unpaired) electrons. The first kappa shape index (κ1) is 11.9. The van der Waals surface area contributed by atoms with Crippen molar-refractivity contribution in [2.75, 3.05) is 26.2 Å². The molecule has 4 heteroatoms. The van der Waals surface area contributed by atoms with Crippen LogP contribution in [-0.4, -0.2) is 59.1 Å². The second-order valence-corrected chi connectivity index (χ2v) is 4.98. The summed E-state index contributed by atoms with van der Waals surface area (Å²) in [5.74, 6) is -0.119. The van der Waals surface area contributed by atoms with E-state index < -0.39 is 6.10 Å².